The SMILES string of the molecule is CCCCOCCOCCNC(=NCCCCc1nc(C)cs1)NCC. The van der Waals surface area contributed by atoms with Crippen LogP contribution in [0.5, 0.6) is 0 Å². The summed E-state index contributed by atoms with van der Waals surface area (Å²) < 4.78 is 11.0. The van der Waals surface area contributed by atoms with Crippen LogP contribution in [-0.2, 0) is 15.9 Å². The maximum atomic E-state index is 5.56. The van der Waals surface area contributed by atoms with Gasteiger partial charge in [-0.2, -0.15) is 0 Å². The fourth-order valence-electron chi connectivity index (χ4n) is 2.25. The molecule has 0 atom stereocenters. The summed E-state index contributed by atoms with van der Waals surface area (Å²) in [5, 5.41) is 9.91. The van der Waals surface area contributed by atoms with Gasteiger partial charge in [0.25, 0.3) is 0 Å². The van der Waals surface area contributed by atoms with Crippen molar-refractivity contribution >= 4 is 17.3 Å². The minimum atomic E-state index is 0.648. The van der Waals surface area contributed by atoms with Crippen LogP contribution in [0.1, 0.15) is 50.2 Å². The van der Waals surface area contributed by atoms with Crippen molar-refractivity contribution in [2.45, 2.75) is 52.9 Å². The molecule has 7 heteroatoms. The van der Waals surface area contributed by atoms with Gasteiger partial charge in [0.05, 0.1) is 24.8 Å². The topological polar surface area (TPSA) is 67.8 Å². The molecule has 0 saturated carbocycles. The second-order valence-corrected chi connectivity index (χ2v) is 7.05. The maximum absolute atomic E-state index is 5.56. The average Bonchev–Trinajstić information content (AvgIpc) is 3.05. The number of thiazole rings is 1. The fraction of sp³-hybridized carbons (Fsp3) is 0.789. The maximum Gasteiger partial charge on any atom is 0.191 e. The standard InChI is InChI=1S/C19H36N4O2S/c1-4-6-12-24-14-15-25-13-11-22-19(20-5-2)21-10-8-7-9-18-23-17(3)16-26-18/h16H,4-15H2,1-3H3,(H2,20,21,22). The molecule has 0 aliphatic rings. The van der Waals surface area contributed by atoms with E-state index in [-0.39, 0.29) is 0 Å². The smallest absolute Gasteiger partial charge is 0.191 e. The van der Waals surface area contributed by atoms with Crippen LogP contribution in [0.25, 0.3) is 0 Å². The summed E-state index contributed by atoms with van der Waals surface area (Å²) in [6, 6.07) is 0. The number of aryl methyl sites for hydroxylation is 2. The third-order valence-corrected chi connectivity index (χ3v) is 4.66. The minimum absolute atomic E-state index is 0.648. The van der Waals surface area contributed by atoms with Crippen molar-refractivity contribution in [3.8, 4) is 0 Å². The van der Waals surface area contributed by atoms with Gasteiger partial charge in [0.15, 0.2) is 5.96 Å². The molecule has 0 amide bonds. The highest BCUT2D eigenvalue weighted by atomic mass is 32.1. The highest BCUT2D eigenvalue weighted by Crippen LogP contribution is 2.11. The van der Waals surface area contributed by atoms with Crippen LogP contribution in [0.2, 0.25) is 0 Å². The lowest BCUT2D eigenvalue weighted by Gasteiger charge is -2.11. The monoisotopic (exact) mass is 384 g/mol. The van der Waals surface area contributed by atoms with Crippen LogP contribution < -0.4 is 10.6 Å². The molecule has 0 radical (unpaired) electrons. The molecule has 26 heavy (non-hydrogen) atoms. The van der Waals surface area contributed by atoms with E-state index in [9.17, 15) is 0 Å². The lowest BCUT2D eigenvalue weighted by molar-refractivity contribution is 0.0487. The number of ether oxygens (including phenoxy) is 2. The van der Waals surface area contributed by atoms with Gasteiger partial charge in [0.1, 0.15) is 0 Å². The van der Waals surface area contributed by atoms with Crippen molar-refractivity contribution in [2.75, 3.05) is 46.1 Å². The van der Waals surface area contributed by atoms with Crippen LogP contribution in [-0.4, -0.2) is 57.0 Å². The van der Waals surface area contributed by atoms with E-state index in [0.29, 0.717) is 19.8 Å². The molecule has 6 nitrogen and oxygen atoms in total. The number of rotatable bonds is 15. The van der Waals surface area contributed by atoms with E-state index in [1.54, 1.807) is 11.3 Å². The normalized spacial score (nSPS) is 11.7. The number of unbranched alkanes of at least 4 members (excludes halogenated alkanes) is 2. The van der Waals surface area contributed by atoms with Crippen LogP contribution in [0.3, 0.4) is 0 Å². The summed E-state index contributed by atoms with van der Waals surface area (Å²) in [5.74, 6) is 0.861. The molecule has 2 N–H and O–H groups in total. The van der Waals surface area contributed by atoms with E-state index < -0.39 is 0 Å². The van der Waals surface area contributed by atoms with E-state index in [1.165, 1.54) is 11.4 Å². The summed E-state index contributed by atoms with van der Waals surface area (Å²) in [4.78, 5) is 9.11. The van der Waals surface area contributed by atoms with Gasteiger partial charge in [-0.1, -0.05) is 13.3 Å². The lowest BCUT2D eigenvalue weighted by Crippen LogP contribution is -2.39. The van der Waals surface area contributed by atoms with E-state index in [2.05, 4.69) is 39.8 Å². The van der Waals surface area contributed by atoms with E-state index >= 15 is 0 Å². The van der Waals surface area contributed by atoms with Crippen LogP contribution in [0, 0.1) is 6.92 Å². The first-order valence-electron chi connectivity index (χ1n) is 9.85. The molecule has 0 unspecified atom stereocenters. The van der Waals surface area contributed by atoms with Crippen LogP contribution in [0.4, 0.5) is 0 Å². The van der Waals surface area contributed by atoms with Gasteiger partial charge in [-0.05, 0) is 39.5 Å². The van der Waals surface area contributed by atoms with Crippen molar-refractivity contribution in [3.05, 3.63) is 16.1 Å². The number of aliphatic imine (C=N–C) groups is 1. The molecule has 0 aromatic carbocycles. The van der Waals surface area contributed by atoms with Crippen LogP contribution in [0.15, 0.2) is 10.4 Å². The van der Waals surface area contributed by atoms with Crippen molar-refractivity contribution < 1.29 is 9.47 Å². The second kappa shape index (κ2) is 16.0. The zero-order valence-electron chi connectivity index (χ0n) is 16.7. The Morgan fingerprint density at radius 3 is 2.58 bits per heavy atom. The van der Waals surface area contributed by atoms with E-state index in [4.69, 9.17) is 9.47 Å². The number of nitrogens with one attached hydrogen (secondary N) is 2. The Kier molecular flexibility index (Phi) is 14.1. The molecule has 0 fully saturated rings. The molecule has 0 bridgehead atoms. The third-order valence-electron chi connectivity index (χ3n) is 3.63. The second-order valence-electron chi connectivity index (χ2n) is 6.11. The largest absolute Gasteiger partial charge is 0.379 e. The molecule has 0 aliphatic carbocycles. The van der Waals surface area contributed by atoms with Crippen molar-refractivity contribution in [2.24, 2.45) is 4.99 Å². The van der Waals surface area contributed by atoms with Gasteiger partial charge >= 0.3 is 0 Å². The van der Waals surface area contributed by atoms with Gasteiger partial charge in [-0.3, -0.25) is 4.99 Å². The first-order chi connectivity index (χ1) is 12.8. The Morgan fingerprint density at radius 2 is 1.88 bits per heavy atom. The Morgan fingerprint density at radius 1 is 1.08 bits per heavy atom. The molecule has 0 saturated heterocycles. The van der Waals surface area contributed by atoms with Crippen molar-refractivity contribution in [1.82, 2.24) is 15.6 Å². The van der Waals surface area contributed by atoms with Gasteiger partial charge in [0, 0.05) is 37.3 Å². The third kappa shape index (κ3) is 12.2. The number of guanidine groups is 1. The van der Waals surface area contributed by atoms with Gasteiger partial charge in [-0.15, -0.1) is 11.3 Å². The Labute approximate surface area is 162 Å². The molecule has 0 aliphatic heterocycles. The number of hydrogen-bond acceptors (Lipinski definition) is 5. The summed E-state index contributed by atoms with van der Waals surface area (Å²) in [7, 11) is 0. The number of hydrogen-bond donors (Lipinski definition) is 2. The predicted octanol–water partition coefficient (Wildman–Crippen LogP) is 3.16. The number of nitrogens with zero attached hydrogens (tertiary/aromatic N) is 2. The summed E-state index contributed by atoms with van der Waals surface area (Å²) in [5.41, 5.74) is 1.12. The van der Waals surface area contributed by atoms with Crippen molar-refractivity contribution in [3.63, 3.8) is 0 Å². The molecule has 150 valence electrons. The summed E-state index contributed by atoms with van der Waals surface area (Å²) in [6.07, 6.45) is 5.53. The molecule has 0 spiro atoms. The molecule has 1 aromatic heterocycles. The first-order valence-corrected chi connectivity index (χ1v) is 10.7. The summed E-state index contributed by atoms with van der Waals surface area (Å²) in [6.45, 7) is 11.5. The zero-order chi connectivity index (χ0) is 18.9. The van der Waals surface area contributed by atoms with Crippen LogP contribution >= 0.6 is 11.3 Å². The number of aromatic nitrogens is 1. The Balaban J connectivity index is 2.05. The Hall–Kier alpha value is -1.18. The van der Waals surface area contributed by atoms with Gasteiger partial charge < -0.3 is 20.1 Å². The summed E-state index contributed by atoms with van der Waals surface area (Å²) >= 11 is 1.75. The highest BCUT2D eigenvalue weighted by molar-refractivity contribution is 7.09. The van der Waals surface area contributed by atoms with Gasteiger partial charge in [0.2, 0.25) is 0 Å². The van der Waals surface area contributed by atoms with E-state index in [1.807, 2.05) is 6.92 Å². The lowest BCUT2D eigenvalue weighted by atomic mass is 10.2. The minimum Gasteiger partial charge on any atom is -0.379 e. The quantitative estimate of drug-likeness (QED) is 0.276. The fourth-order valence-corrected chi connectivity index (χ4v) is 3.07. The average molecular weight is 385 g/mol. The molecular formula is C19H36N4O2S. The first kappa shape index (κ1) is 22.9. The zero-order valence-corrected chi connectivity index (χ0v) is 17.5. The van der Waals surface area contributed by atoms with Gasteiger partial charge in [-0.25, -0.2) is 4.98 Å². The highest BCUT2D eigenvalue weighted by Gasteiger charge is 1.99. The molecule has 1 rings (SSSR count). The Bertz CT molecular complexity index is 480. The predicted molar refractivity (Wildman–Crippen MR) is 110 cm³/mol. The molecule has 1 heterocycles. The van der Waals surface area contributed by atoms with Crippen molar-refractivity contribution in [1.29, 1.82) is 0 Å². The molecular weight excluding hydrogens is 348 g/mol. The van der Waals surface area contributed by atoms with E-state index in [0.717, 1.165) is 63.6 Å². The molecule has 1 aromatic rings.